The molecule has 0 aliphatic carbocycles. The van der Waals surface area contributed by atoms with Crippen molar-refractivity contribution in [2.24, 2.45) is 0 Å². The summed E-state index contributed by atoms with van der Waals surface area (Å²) in [6.07, 6.45) is 0. The Hall–Kier alpha value is -0.320. The lowest BCUT2D eigenvalue weighted by atomic mass is 10.3. The molecule has 0 fully saturated rings. The highest BCUT2D eigenvalue weighted by molar-refractivity contribution is 9.10. The first-order valence-corrected chi connectivity index (χ1v) is 4.36. The lowest BCUT2D eigenvalue weighted by Crippen LogP contribution is -1.87. The van der Waals surface area contributed by atoms with Crippen molar-refractivity contribution in [1.82, 2.24) is 0 Å². The molecule has 1 aromatic carbocycles. The SMILES string of the molecule is O=[N+]([O-])c1cc(Cl)c(Br)c(Cl)c1. The van der Waals surface area contributed by atoms with Crippen LogP contribution in [-0.2, 0) is 0 Å². The van der Waals surface area contributed by atoms with Gasteiger partial charge in [-0.05, 0) is 15.9 Å². The van der Waals surface area contributed by atoms with Gasteiger partial charge >= 0.3 is 0 Å². The average Bonchev–Trinajstić information content (AvgIpc) is 1.99. The third-order valence-corrected chi connectivity index (χ3v) is 3.09. The molecule has 0 saturated carbocycles. The molecule has 0 amide bonds. The highest BCUT2D eigenvalue weighted by Gasteiger charge is 2.11. The number of non-ortho nitro benzene ring substituents is 1. The fourth-order valence-electron chi connectivity index (χ4n) is 0.648. The van der Waals surface area contributed by atoms with Crippen LogP contribution in [0.15, 0.2) is 16.6 Å². The van der Waals surface area contributed by atoms with E-state index in [4.69, 9.17) is 23.2 Å². The second kappa shape index (κ2) is 3.60. The second-order valence-electron chi connectivity index (χ2n) is 1.98. The van der Waals surface area contributed by atoms with Gasteiger partial charge in [-0.15, -0.1) is 0 Å². The average molecular weight is 271 g/mol. The van der Waals surface area contributed by atoms with Gasteiger partial charge in [0.15, 0.2) is 0 Å². The fourth-order valence-corrected chi connectivity index (χ4v) is 1.35. The summed E-state index contributed by atoms with van der Waals surface area (Å²) in [4.78, 5) is 9.74. The summed E-state index contributed by atoms with van der Waals surface area (Å²) in [7, 11) is 0. The van der Waals surface area contributed by atoms with Crippen molar-refractivity contribution in [3.8, 4) is 0 Å². The molecule has 0 spiro atoms. The summed E-state index contributed by atoms with van der Waals surface area (Å²) in [5.74, 6) is 0. The normalized spacial score (nSPS) is 9.92. The number of benzene rings is 1. The van der Waals surface area contributed by atoms with Crippen molar-refractivity contribution >= 4 is 44.8 Å². The molecule has 0 unspecified atom stereocenters. The molecule has 0 aliphatic rings. The van der Waals surface area contributed by atoms with E-state index in [1.54, 1.807) is 0 Å². The Kier molecular flexibility index (Phi) is 2.93. The number of hydrogen-bond donors (Lipinski definition) is 0. The van der Waals surface area contributed by atoms with E-state index in [9.17, 15) is 10.1 Å². The van der Waals surface area contributed by atoms with Crippen LogP contribution in [0.2, 0.25) is 10.0 Å². The largest absolute Gasteiger partial charge is 0.272 e. The molecule has 1 rings (SSSR count). The molecule has 0 atom stereocenters. The number of nitrogens with zero attached hydrogens (tertiary/aromatic N) is 1. The number of nitro benzene ring substituents is 1. The van der Waals surface area contributed by atoms with Crippen LogP contribution in [-0.4, -0.2) is 4.92 Å². The lowest BCUT2D eigenvalue weighted by Gasteiger charge is -1.98. The summed E-state index contributed by atoms with van der Waals surface area (Å²) in [6.45, 7) is 0. The van der Waals surface area contributed by atoms with Gasteiger partial charge in [0.2, 0.25) is 0 Å². The summed E-state index contributed by atoms with van der Waals surface area (Å²) < 4.78 is 0.469. The van der Waals surface area contributed by atoms with Crippen LogP contribution in [0.1, 0.15) is 0 Å². The molecule has 6 heteroatoms. The first kappa shape index (κ1) is 9.77. The third-order valence-electron chi connectivity index (χ3n) is 1.18. The first-order valence-electron chi connectivity index (χ1n) is 2.81. The highest BCUT2D eigenvalue weighted by atomic mass is 79.9. The van der Waals surface area contributed by atoms with Gasteiger partial charge in [-0.1, -0.05) is 23.2 Å². The maximum atomic E-state index is 10.3. The van der Waals surface area contributed by atoms with Gasteiger partial charge in [-0.2, -0.15) is 0 Å². The van der Waals surface area contributed by atoms with Crippen LogP contribution in [0.5, 0.6) is 0 Å². The highest BCUT2D eigenvalue weighted by Crippen LogP contribution is 2.33. The molecule has 1 aromatic rings. The summed E-state index contributed by atoms with van der Waals surface area (Å²) >= 11 is 14.3. The van der Waals surface area contributed by atoms with Crippen molar-refractivity contribution in [2.75, 3.05) is 0 Å². The van der Waals surface area contributed by atoms with E-state index in [2.05, 4.69) is 15.9 Å². The van der Waals surface area contributed by atoms with E-state index in [1.807, 2.05) is 0 Å². The van der Waals surface area contributed by atoms with Crippen LogP contribution >= 0.6 is 39.1 Å². The Morgan fingerprint density at radius 1 is 1.33 bits per heavy atom. The molecule has 0 bridgehead atoms. The zero-order valence-electron chi connectivity index (χ0n) is 5.55. The van der Waals surface area contributed by atoms with Crippen LogP contribution in [0.25, 0.3) is 0 Å². The molecule has 0 saturated heterocycles. The summed E-state index contributed by atoms with van der Waals surface area (Å²) in [6, 6.07) is 2.47. The van der Waals surface area contributed by atoms with Gasteiger partial charge in [0, 0.05) is 12.1 Å². The number of nitro groups is 1. The van der Waals surface area contributed by atoms with Crippen molar-refractivity contribution in [3.63, 3.8) is 0 Å². The standard InChI is InChI=1S/C6H2BrCl2NO2/c7-6-4(8)1-3(10(11)12)2-5(6)9/h1-2H. The van der Waals surface area contributed by atoms with E-state index in [1.165, 1.54) is 12.1 Å². The van der Waals surface area contributed by atoms with Crippen LogP contribution in [0, 0.1) is 10.1 Å². The second-order valence-corrected chi connectivity index (χ2v) is 3.59. The molecule has 0 N–H and O–H groups in total. The molecule has 64 valence electrons. The number of halogens is 3. The lowest BCUT2D eigenvalue weighted by molar-refractivity contribution is -0.384. The van der Waals surface area contributed by atoms with Gasteiger partial charge < -0.3 is 0 Å². The van der Waals surface area contributed by atoms with Gasteiger partial charge in [-0.25, -0.2) is 0 Å². The third kappa shape index (κ3) is 1.88. The first-order chi connectivity index (χ1) is 5.52. The van der Waals surface area contributed by atoms with Crippen LogP contribution in [0.4, 0.5) is 5.69 Å². The van der Waals surface area contributed by atoms with Crippen LogP contribution in [0.3, 0.4) is 0 Å². The molecule has 0 heterocycles. The molecular formula is C6H2BrCl2NO2. The van der Waals surface area contributed by atoms with E-state index in [0.29, 0.717) is 4.47 Å². The number of rotatable bonds is 1. The Labute approximate surface area is 86.6 Å². The van der Waals surface area contributed by atoms with Gasteiger partial charge in [0.25, 0.3) is 5.69 Å². The Morgan fingerprint density at radius 2 is 1.75 bits per heavy atom. The summed E-state index contributed by atoms with van der Waals surface area (Å²) in [5, 5.41) is 10.8. The van der Waals surface area contributed by atoms with Crippen molar-refractivity contribution in [3.05, 3.63) is 36.8 Å². The zero-order valence-corrected chi connectivity index (χ0v) is 8.65. The Balaban J connectivity index is 3.31. The molecule has 0 radical (unpaired) electrons. The fraction of sp³-hybridized carbons (Fsp3) is 0. The number of hydrogen-bond acceptors (Lipinski definition) is 2. The molecule has 0 aromatic heterocycles. The van der Waals surface area contributed by atoms with E-state index < -0.39 is 4.92 Å². The smallest absolute Gasteiger partial charge is 0.258 e. The van der Waals surface area contributed by atoms with Crippen LogP contribution < -0.4 is 0 Å². The molecule has 3 nitrogen and oxygen atoms in total. The van der Waals surface area contributed by atoms with Crippen molar-refractivity contribution in [1.29, 1.82) is 0 Å². The van der Waals surface area contributed by atoms with Gasteiger partial charge in [0.1, 0.15) is 0 Å². The van der Waals surface area contributed by atoms with E-state index >= 15 is 0 Å². The van der Waals surface area contributed by atoms with Crippen molar-refractivity contribution < 1.29 is 4.92 Å². The maximum Gasteiger partial charge on any atom is 0.272 e. The van der Waals surface area contributed by atoms with E-state index in [-0.39, 0.29) is 15.7 Å². The molecule has 0 aliphatic heterocycles. The zero-order chi connectivity index (χ0) is 9.30. The predicted molar refractivity (Wildman–Crippen MR) is 50.8 cm³/mol. The molecule has 12 heavy (non-hydrogen) atoms. The summed E-state index contributed by atoms with van der Waals surface area (Å²) in [5.41, 5.74) is -0.117. The van der Waals surface area contributed by atoms with Gasteiger partial charge in [-0.3, -0.25) is 10.1 Å². The Bertz CT molecular complexity index is 319. The van der Waals surface area contributed by atoms with E-state index in [0.717, 1.165) is 0 Å². The minimum atomic E-state index is -0.551. The predicted octanol–water partition coefficient (Wildman–Crippen LogP) is 3.66. The minimum Gasteiger partial charge on any atom is -0.258 e. The quantitative estimate of drug-likeness (QED) is 0.444. The Morgan fingerprint density at radius 3 is 2.08 bits per heavy atom. The molecular weight excluding hydrogens is 269 g/mol. The van der Waals surface area contributed by atoms with Crippen molar-refractivity contribution in [2.45, 2.75) is 0 Å². The monoisotopic (exact) mass is 269 g/mol. The van der Waals surface area contributed by atoms with Gasteiger partial charge in [0.05, 0.1) is 19.4 Å². The topological polar surface area (TPSA) is 43.1 Å². The minimum absolute atomic E-state index is 0.117. The maximum absolute atomic E-state index is 10.3.